The summed E-state index contributed by atoms with van der Waals surface area (Å²) in [5.74, 6) is -0.222. The number of carbonyl (C=O) groups is 1. The van der Waals surface area contributed by atoms with E-state index in [4.69, 9.17) is 23.2 Å². The van der Waals surface area contributed by atoms with Crippen molar-refractivity contribution >= 4 is 40.4 Å². The second-order valence-electron chi connectivity index (χ2n) is 6.11. The quantitative estimate of drug-likeness (QED) is 0.499. The molecule has 0 radical (unpaired) electrons. The van der Waals surface area contributed by atoms with Crippen LogP contribution in [0.25, 0.3) is 11.3 Å². The SMILES string of the molecule is CCc1sc(=NC(=O)c2ccccc2C)n(CC)c1-c1ccc(Cl)c(Cl)c1. The van der Waals surface area contributed by atoms with Crippen LogP contribution < -0.4 is 4.80 Å². The van der Waals surface area contributed by atoms with Crippen LogP contribution in [0.4, 0.5) is 0 Å². The van der Waals surface area contributed by atoms with Gasteiger partial charge in [0.1, 0.15) is 0 Å². The Hall–Kier alpha value is -1.88. The maximum absolute atomic E-state index is 12.7. The van der Waals surface area contributed by atoms with Gasteiger partial charge in [-0.05, 0) is 44.0 Å². The minimum Gasteiger partial charge on any atom is -0.316 e. The van der Waals surface area contributed by atoms with Crippen LogP contribution in [-0.4, -0.2) is 10.5 Å². The zero-order valence-electron chi connectivity index (χ0n) is 15.4. The second kappa shape index (κ2) is 8.42. The molecule has 1 amide bonds. The molecule has 3 nitrogen and oxygen atoms in total. The summed E-state index contributed by atoms with van der Waals surface area (Å²) in [5.41, 5.74) is 3.57. The van der Waals surface area contributed by atoms with E-state index in [1.54, 1.807) is 17.4 Å². The van der Waals surface area contributed by atoms with Crippen molar-refractivity contribution in [3.63, 3.8) is 0 Å². The summed E-state index contributed by atoms with van der Waals surface area (Å²) in [6.45, 7) is 6.76. The van der Waals surface area contributed by atoms with Gasteiger partial charge in [0.25, 0.3) is 5.91 Å². The van der Waals surface area contributed by atoms with E-state index < -0.39 is 0 Å². The normalized spacial score (nSPS) is 11.8. The van der Waals surface area contributed by atoms with Gasteiger partial charge in [0.2, 0.25) is 0 Å². The summed E-state index contributed by atoms with van der Waals surface area (Å²) >= 11 is 13.8. The largest absolute Gasteiger partial charge is 0.316 e. The van der Waals surface area contributed by atoms with Crippen LogP contribution in [0.3, 0.4) is 0 Å². The van der Waals surface area contributed by atoms with Crippen molar-refractivity contribution < 1.29 is 4.79 Å². The lowest BCUT2D eigenvalue weighted by atomic mass is 10.1. The van der Waals surface area contributed by atoms with Crippen molar-refractivity contribution in [1.29, 1.82) is 0 Å². The maximum atomic E-state index is 12.7. The minimum atomic E-state index is -0.222. The molecule has 0 N–H and O–H groups in total. The van der Waals surface area contributed by atoms with E-state index in [9.17, 15) is 4.79 Å². The number of carbonyl (C=O) groups excluding carboxylic acids is 1. The highest BCUT2D eigenvalue weighted by atomic mass is 35.5. The van der Waals surface area contributed by atoms with E-state index in [1.165, 1.54) is 0 Å². The lowest BCUT2D eigenvalue weighted by Crippen LogP contribution is -2.17. The third kappa shape index (κ3) is 4.03. The van der Waals surface area contributed by atoms with Crippen molar-refractivity contribution in [2.75, 3.05) is 0 Å². The number of rotatable bonds is 4. The summed E-state index contributed by atoms with van der Waals surface area (Å²) in [7, 11) is 0. The number of nitrogens with zero attached hydrogens (tertiary/aromatic N) is 2. The second-order valence-corrected chi connectivity index (χ2v) is 7.99. The fourth-order valence-electron chi connectivity index (χ4n) is 3.00. The van der Waals surface area contributed by atoms with Crippen LogP contribution in [0.5, 0.6) is 0 Å². The first-order valence-electron chi connectivity index (χ1n) is 8.78. The zero-order chi connectivity index (χ0) is 19.6. The number of benzene rings is 2. The molecule has 2 aromatic carbocycles. The van der Waals surface area contributed by atoms with Crippen molar-refractivity contribution in [3.05, 3.63) is 73.3 Å². The Balaban J connectivity index is 2.18. The van der Waals surface area contributed by atoms with Gasteiger partial charge in [-0.1, -0.05) is 54.4 Å². The van der Waals surface area contributed by atoms with Gasteiger partial charge in [-0.2, -0.15) is 4.99 Å². The van der Waals surface area contributed by atoms with Gasteiger partial charge in [0.05, 0.1) is 15.7 Å². The fourth-order valence-corrected chi connectivity index (χ4v) is 4.44. The summed E-state index contributed by atoms with van der Waals surface area (Å²) in [6, 6.07) is 13.1. The topological polar surface area (TPSA) is 34.4 Å². The van der Waals surface area contributed by atoms with Crippen LogP contribution >= 0.6 is 34.5 Å². The predicted molar refractivity (Wildman–Crippen MR) is 114 cm³/mol. The van der Waals surface area contributed by atoms with Crippen molar-refractivity contribution in [3.8, 4) is 11.3 Å². The van der Waals surface area contributed by atoms with E-state index >= 15 is 0 Å². The molecule has 0 bridgehead atoms. The molecule has 6 heteroatoms. The summed E-state index contributed by atoms with van der Waals surface area (Å²) in [5, 5.41) is 1.04. The highest BCUT2D eigenvalue weighted by molar-refractivity contribution is 7.09. The van der Waals surface area contributed by atoms with E-state index in [-0.39, 0.29) is 5.91 Å². The van der Waals surface area contributed by atoms with Gasteiger partial charge < -0.3 is 4.57 Å². The van der Waals surface area contributed by atoms with Gasteiger partial charge in [-0.15, -0.1) is 11.3 Å². The number of hydrogen-bond acceptors (Lipinski definition) is 2. The molecular formula is C21H20Cl2N2OS. The molecule has 1 aromatic heterocycles. The lowest BCUT2D eigenvalue weighted by molar-refractivity contribution is 0.0997. The smallest absolute Gasteiger partial charge is 0.279 e. The molecule has 0 aliphatic rings. The fraction of sp³-hybridized carbons (Fsp3) is 0.238. The van der Waals surface area contributed by atoms with Crippen LogP contribution in [0, 0.1) is 6.92 Å². The highest BCUT2D eigenvalue weighted by Crippen LogP contribution is 2.32. The molecular weight excluding hydrogens is 399 g/mol. The number of hydrogen-bond donors (Lipinski definition) is 0. The third-order valence-electron chi connectivity index (χ3n) is 4.38. The molecule has 0 spiro atoms. The Bertz CT molecular complexity index is 1070. The number of aromatic nitrogens is 1. The van der Waals surface area contributed by atoms with Crippen LogP contribution in [0.1, 0.15) is 34.6 Å². The van der Waals surface area contributed by atoms with Crippen molar-refractivity contribution in [2.24, 2.45) is 4.99 Å². The molecule has 0 unspecified atom stereocenters. The van der Waals surface area contributed by atoms with E-state index in [0.717, 1.165) is 28.1 Å². The van der Waals surface area contributed by atoms with Crippen LogP contribution in [0.2, 0.25) is 10.0 Å². The van der Waals surface area contributed by atoms with Gasteiger partial charge in [-0.25, -0.2) is 0 Å². The zero-order valence-corrected chi connectivity index (χ0v) is 17.8. The number of aryl methyl sites for hydroxylation is 2. The Morgan fingerprint density at radius 3 is 2.48 bits per heavy atom. The first-order valence-corrected chi connectivity index (χ1v) is 10.4. The first kappa shape index (κ1) is 19.9. The predicted octanol–water partition coefficient (Wildman–Crippen LogP) is 6.16. The van der Waals surface area contributed by atoms with Crippen LogP contribution in [0.15, 0.2) is 47.5 Å². The molecule has 140 valence electrons. The number of thiazole rings is 1. The third-order valence-corrected chi connectivity index (χ3v) is 6.34. The molecule has 0 saturated heterocycles. The molecule has 1 heterocycles. The molecule has 0 atom stereocenters. The standard InChI is InChI=1S/C21H20Cl2N2OS/c1-4-18-19(14-10-11-16(22)17(23)12-14)25(5-2)21(27-18)24-20(26)15-9-7-6-8-13(15)3/h6-12H,4-5H2,1-3H3. The Morgan fingerprint density at radius 1 is 1.11 bits per heavy atom. The van der Waals surface area contributed by atoms with Gasteiger partial charge in [0, 0.05) is 22.5 Å². The van der Waals surface area contributed by atoms with Gasteiger partial charge in [-0.3, -0.25) is 4.79 Å². The van der Waals surface area contributed by atoms with Crippen molar-refractivity contribution in [2.45, 2.75) is 33.7 Å². The molecule has 0 aliphatic heterocycles. The Kier molecular flexibility index (Phi) is 6.20. The van der Waals surface area contributed by atoms with E-state index in [0.29, 0.717) is 27.0 Å². The molecule has 0 aliphatic carbocycles. The molecule has 0 saturated carbocycles. The molecule has 27 heavy (non-hydrogen) atoms. The Labute approximate surface area is 172 Å². The molecule has 0 fully saturated rings. The summed E-state index contributed by atoms with van der Waals surface area (Å²) in [6.07, 6.45) is 0.842. The van der Waals surface area contributed by atoms with Crippen LogP contribution in [-0.2, 0) is 13.0 Å². The average molecular weight is 419 g/mol. The number of halogens is 2. The van der Waals surface area contributed by atoms with E-state index in [2.05, 4.69) is 16.5 Å². The maximum Gasteiger partial charge on any atom is 0.279 e. The summed E-state index contributed by atoms with van der Waals surface area (Å²) in [4.78, 5) is 19.0. The first-order chi connectivity index (χ1) is 13.0. The van der Waals surface area contributed by atoms with Gasteiger partial charge in [0.15, 0.2) is 4.80 Å². The Morgan fingerprint density at radius 2 is 1.85 bits per heavy atom. The van der Waals surface area contributed by atoms with Gasteiger partial charge >= 0.3 is 0 Å². The van der Waals surface area contributed by atoms with Crippen molar-refractivity contribution in [1.82, 2.24) is 4.57 Å². The molecule has 3 rings (SSSR count). The minimum absolute atomic E-state index is 0.222. The highest BCUT2D eigenvalue weighted by Gasteiger charge is 2.16. The summed E-state index contributed by atoms with van der Waals surface area (Å²) < 4.78 is 2.07. The average Bonchev–Trinajstić information content (AvgIpc) is 3.01. The lowest BCUT2D eigenvalue weighted by Gasteiger charge is -2.09. The van der Waals surface area contributed by atoms with E-state index in [1.807, 2.05) is 50.2 Å². The molecule has 3 aromatic rings. The number of amides is 1. The monoisotopic (exact) mass is 418 g/mol.